The fourth-order valence-corrected chi connectivity index (χ4v) is 3.81. The lowest BCUT2D eigenvalue weighted by molar-refractivity contribution is -0.112. The molecule has 0 aliphatic heterocycles. The molecule has 0 radical (unpaired) electrons. The first-order valence-electron chi connectivity index (χ1n) is 11.6. The van der Waals surface area contributed by atoms with E-state index in [1.165, 1.54) is 30.3 Å². The van der Waals surface area contributed by atoms with Gasteiger partial charge < -0.3 is 19.9 Å². The van der Waals surface area contributed by atoms with Crippen molar-refractivity contribution >= 4 is 40.4 Å². The Morgan fingerprint density at radius 2 is 1.63 bits per heavy atom. The SMILES string of the molecule is CCOc1cc(/C=C(\C#N)C(=O)Nc2ccccc2C(=O)O)ccc1OC(=O)c1cccc2ccccc12. The summed E-state index contributed by atoms with van der Waals surface area (Å²) in [5, 5.41) is 23.0. The quantitative estimate of drug-likeness (QED) is 0.136. The molecular formula is C30H22N2O6. The molecule has 0 unspecified atom stereocenters. The summed E-state index contributed by atoms with van der Waals surface area (Å²) in [6.07, 6.45) is 1.33. The van der Waals surface area contributed by atoms with Crippen LogP contribution in [0.5, 0.6) is 11.5 Å². The number of nitrogens with one attached hydrogen (secondary N) is 1. The Bertz CT molecular complexity index is 1610. The molecule has 8 nitrogen and oxygen atoms in total. The maximum atomic E-state index is 13.0. The van der Waals surface area contributed by atoms with E-state index < -0.39 is 17.8 Å². The number of anilines is 1. The number of hydrogen-bond donors (Lipinski definition) is 2. The van der Waals surface area contributed by atoms with Crippen molar-refractivity contribution in [3.8, 4) is 17.6 Å². The number of carboxylic acid groups (broad SMARTS) is 1. The van der Waals surface area contributed by atoms with Crippen molar-refractivity contribution in [2.45, 2.75) is 6.92 Å². The summed E-state index contributed by atoms with van der Waals surface area (Å²) in [4.78, 5) is 37.1. The van der Waals surface area contributed by atoms with Crippen LogP contribution in [-0.2, 0) is 4.79 Å². The van der Waals surface area contributed by atoms with Gasteiger partial charge in [0.2, 0.25) is 0 Å². The molecule has 4 rings (SSSR count). The molecule has 4 aromatic carbocycles. The van der Waals surface area contributed by atoms with Crippen LogP contribution < -0.4 is 14.8 Å². The number of para-hydroxylation sites is 1. The summed E-state index contributed by atoms with van der Waals surface area (Å²) in [6.45, 7) is 2.05. The van der Waals surface area contributed by atoms with Crippen LogP contribution >= 0.6 is 0 Å². The molecule has 0 spiro atoms. The van der Waals surface area contributed by atoms with E-state index in [2.05, 4.69) is 5.32 Å². The number of hydrogen-bond acceptors (Lipinski definition) is 6. The highest BCUT2D eigenvalue weighted by Gasteiger charge is 2.17. The molecule has 0 atom stereocenters. The van der Waals surface area contributed by atoms with Crippen molar-refractivity contribution in [1.29, 1.82) is 5.26 Å². The van der Waals surface area contributed by atoms with Crippen molar-refractivity contribution in [3.63, 3.8) is 0 Å². The molecule has 2 N–H and O–H groups in total. The Morgan fingerprint density at radius 1 is 0.921 bits per heavy atom. The zero-order chi connectivity index (χ0) is 27.1. The minimum Gasteiger partial charge on any atom is -0.490 e. The van der Waals surface area contributed by atoms with Crippen molar-refractivity contribution in [2.24, 2.45) is 0 Å². The summed E-state index contributed by atoms with van der Waals surface area (Å²) in [7, 11) is 0. The number of nitrogens with zero attached hydrogens (tertiary/aromatic N) is 1. The fourth-order valence-electron chi connectivity index (χ4n) is 3.81. The summed E-state index contributed by atoms with van der Waals surface area (Å²) in [5.41, 5.74) is 0.551. The molecule has 188 valence electrons. The van der Waals surface area contributed by atoms with Crippen LogP contribution in [0.25, 0.3) is 16.8 Å². The van der Waals surface area contributed by atoms with E-state index in [0.29, 0.717) is 11.1 Å². The molecule has 0 aromatic heterocycles. The second kappa shape index (κ2) is 11.5. The van der Waals surface area contributed by atoms with E-state index in [4.69, 9.17) is 9.47 Å². The summed E-state index contributed by atoms with van der Waals surface area (Å²) < 4.78 is 11.3. The highest BCUT2D eigenvalue weighted by molar-refractivity contribution is 6.12. The number of ether oxygens (including phenoxy) is 2. The number of aromatic carboxylic acids is 1. The zero-order valence-corrected chi connectivity index (χ0v) is 20.3. The molecule has 0 saturated heterocycles. The van der Waals surface area contributed by atoms with Gasteiger partial charge in [-0.3, -0.25) is 4.79 Å². The highest BCUT2D eigenvalue weighted by atomic mass is 16.6. The number of rotatable bonds is 8. The standard InChI is InChI=1S/C30H22N2O6/c1-2-37-27-17-19(16-21(18-31)28(33)32-25-13-6-5-11-24(25)29(34)35)14-15-26(27)38-30(36)23-12-7-9-20-8-3-4-10-22(20)23/h3-17H,2H2,1H3,(H,32,33)(H,34,35)/b21-16+. The molecule has 38 heavy (non-hydrogen) atoms. The average Bonchev–Trinajstić information content (AvgIpc) is 2.92. The third-order valence-corrected chi connectivity index (χ3v) is 5.56. The number of carboxylic acids is 1. The minimum absolute atomic E-state index is 0.0665. The van der Waals surface area contributed by atoms with Crippen LogP contribution in [0.15, 0.2) is 90.5 Å². The Hall–Kier alpha value is -5.42. The summed E-state index contributed by atoms with van der Waals surface area (Å²) in [6, 6.07) is 25.2. The fraction of sp³-hybridized carbons (Fsp3) is 0.0667. The first-order valence-corrected chi connectivity index (χ1v) is 11.6. The van der Waals surface area contributed by atoms with Crippen molar-refractivity contribution < 1.29 is 29.0 Å². The largest absolute Gasteiger partial charge is 0.490 e. The highest BCUT2D eigenvalue weighted by Crippen LogP contribution is 2.31. The van der Waals surface area contributed by atoms with Gasteiger partial charge in [-0.25, -0.2) is 9.59 Å². The lowest BCUT2D eigenvalue weighted by atomic mass is 10.0. The van der Waals surface area contributed by atoms with Crippen LogP contribution in [0.2, 0.25) is 0 Å². The molecule has 0 aliphatic carbocycles. The van der Waals surface area contributed by atoms with Crippen LogP contribution in [-0.4, -0.2) is 29.6 Å². The van der Waals surface area contributed by atoms with E-state index >= 15 is 0 Å². The Balaban J connectivity index is 1.60. The lowest BCUT2D eigenvalue weighted by Crippen LogP contribution is -2.16. The number of nitriles is 1. The zero-order valence-electron chi connectivity index (χ0n) is 20.3. The molecule has 0 aliphatic rings. The second-order valence-corrected chi connectivity index (χ2v) is 8.03. The summed E-state index contributed by atoms with van der Waals surface area (Å²) in [5.74, 6) is -2.10. The van der Waals surface area contributed by atoms with E-state index in [1.807, 2.05) is 36.4 Å². The second-order valence-electron chi connectivity index (χ2n) is 8.03. The van der Waals surface area contributed by atoms with Gasteiger partial charge in [0.05, 0.1) is 23.4 Å². The van der Waals surface area contributed by atoms with E-state index in [0.717, 1.165) is 10.8 Å². The molecule has 1 amide bonds. The average molecular weight is 507 g/mol. The Morgan fingerprint density at radius 3 is 2.39 bits per heavy atom. The van der Waals surface area contributed by atoms with Gasteiger partial charge in [-0.05, 0) is 59.7 Å². The minimum atomic E-state index is -1.21. The van der Waals surface area contributed by atoms with Gasteiger partial charge >= 0.3 is 11.9 Å². The number of carbonyl (C=O) groups is 3. The lowest BCUT2D eigenvalue weighted by Gasteiger charge is -2.13. The van der Waals surface area contributed by atoms with Gasteiger partial charge in [-0.2, -0.15) is 5.26 Å². The number of esters is 1. The predicted octanol–water partition coefficient (Wildman–Crippen LogP) is 5.70. The van der Waals surface area contributed by atoms with Gasteiger partial charge in [-0.15, -0.1) is 0 Å². The normalized spacial score (nSPS) is 10.9. The smallest absolute Gasteiger partial charge is 0.344 e. The molecule has 4 aromatic rings. The molecule has 0 saturated carbocycles. The molecule has 8 heteroatoms. The number of carbonyl (C=O) groups excluding carboxylic acids is 2. The first kappa shape index (κ1) is 25.7. The van der Waals surface area contributed by atoms with Crippen molar-refractivity contribution in [3.05, 3.63) is 107 Å². The topological polar surface area (TPSA) is 126 Å². The van der Waals surface area contributed by atoms with Gasteiger partial charge in [-0.1, -0.05) is 54.6 Å². The van der Waals surface area contributed by atoms with Crippen LogP contribution in [0.1, 0.15) is 33.2 Å². The van der Waals surface area contributed by atoms with Crippen LogP contribution in [0, 0.1) is 11.3 Å². The van der Waals surface area contributed by atoms with Gasteiger partial charge in [0.1, 0.15) is 11.6 Å². The van der Waals surface area contributed by atoms with Gasteiger partial charge in [0, 0.05) is 0 Å². The Kier molecular flexibility index (Phi) is 7.80. The van der Waals surface area contributed by atoms with Crippen LogP contribution in [0.3, 0.4) is 0 Å². The van der Waals surface area contributed by atoms with E-state index in [9.17, 15) is 24.8 Å². The molecule has 0 bridgehead atoms. The maximum absolute atomic E-state index is 13.0. The third-order valence-electron chi connectivity index (χ3n) is 5.56. The maximum Gasteiger partial charge on any atom is 0.344 e. The number of amides is 1. The van der Waals surface area contributed by atoms with Crippen molar-refractivity contribution in [2.75, 3.05) is 11.9 Å². The monoisotopic (exact) mass is 506 g/mol. The third kappa shape index (κ3) is 5.69. The van der Waals surface area contributed by atoms with Crippen LogP contribution in [0.4, 0.5) is 5.69 Å². The molecular weight excluding hydrogens is 484 g/mol. The van der Waals surface area contributed by atoms with Crippen molar-refractivity contribution in [1.82, 2.24) is 0 Å². The van der Waals surface area contributed by atoms with E-state index in [1.54, 1.807) is 37.3 Å². The molecule has 0 heterocycles. The first-order chi connectivity index (χ1) is 18.4. The van der Waals surface area contributed by atoms with Gasteiger partial charge in [0.15, 0.2) is 11.5 Å². The summed E-state index contributed by atoms with van der Waals surface area (Å²) >= 11 is 0. The van der Waals surface area contributed by atoms with Gasteiger partial charge in [0.25, 0.3) is 5.91 Å². The van der Waals surface area contributed by atoms with E-state index in [-0.39, 0.29) is 34.9 Å². The molecule has 0 fully saturated rings. The number of benzene rings is 4. The Labute approximate surface area is 218 Å². The number of fused-ring (bicyclic) bond motifs is 1. The predicted molar refractivity (Wildman–Crippen MR) is 142 cm³/mol.